The molecular weight excluding hydrogens is 891 g/mol. The number of aromatic nitrogens is 4. The molecule has 2 fully saturated rings. The summed E-state index contributed by atoms with van der Waals surface area (Å²) in [6.45, 7) is 16.5. The van der Waals surface area contributed by atoms with Crippen LogP contribution >= 0.6 is 22.7 Å². The number of thiophene rings is 1. The van der Waals surface area contributed by atoms with Gasteiger partial charge in [-0.15, -0.1) is 32.9 Å². The Labute approximate surface area is 398 Å². The van der Waals surface area contributed by atoms with Gasteiger partial charge in [0.25, 0.3) is 0 Å². The van der Waals surface area contributed by atoms with Crippen molar-refractivity contribution in [3.8, 4) is 15.4 Å². The molecule has 16 nitrogen and oxygen atoms in total. The smallest absolute Gasteiger partial charge is 0.308 e. The summed E-state index contributed by atoms with van der Waals surface area (Å²) in [6, 6.07) is 13.3. The zero-order valence-corrected chi connectivity index (χ0v) is 41.1. The summed E-state index contributed by atoms with van der Waals surface area (Å²) in [5.41, 5.74) is 8.78. The highest BCUT2D eigenvalue weighted by molar-refractivity contribution is 7.15. The number of fused-ring (bicyclic) bond motifs is 3. The highest BCUT2D eigenvalue weighted by atomic mass is 32.1. The minimum absolute atomic E-state index is 0.0201. The van der Waals surface area contributed by atoms with Gasteiger partial charge in [-0.2, -0.15) is 0 Å². The molecule has 6 heterocycles. The Morgan fingerprint density at radius 3 is 2.34 bits per heavy atom. The first-order chi connectivity index (χ1) is 31.9. The maximum absolute atomic E-state index is 14.3. The number of nitrogens with zero attached hydrogens (tertiary/aromatic N) is 7. The minimum atomic E-state index is -0.975. The van der Waals surface area contributed by atoms with Crippen LogP contribution in [-0.2, 0) is 28.7 Å². The third-order valence-electron chi connectivity index (χ3n) is 13.0. The molecule has 3 N–H and O–H groups in total. The number of likely N-dealkylation sites (tertiary alicyclic amines) is 1. The Kier molecular flexibility index (Phi) is 13.8. The largest absolute Gasteiger partial charge is 0.469 e. The topological polar surface area (TPSA) is 193 Å². The molecule has 0 saturated carbocycles. The molecule has 3 aromatic heterocycles. The van der Waals surface area contributed by atoms with Gasteiger partial charge in [-0.05, 0) is 75.3 Å². The lowest BCUT2D eigenvalue weighted by atomic mass is 9.85. The number of hydrogen-bond donors (Lipinski definition) is 3. The monoisotopic (exact) mass is 949 g/mol. The third kappa shape index (κ3) is 9.94. The molecule has 67 heavy (non-hydrogen) atoms. The number of aliphatic hydroxyl groups is 1. The second-order valence-corrected chi connectivity index (χ2v) is 20.8. The number of hydrogen-bond acceptors (Lipinski definition) is 14. The van der Waals surface area contributed by atoms with Crippen LogP contribution in [0.3, 0.4) is 0 Å². The molecule has 0 spiro atoms. The highest BCUT2D eigenvalue weighted by Gasteiger charge is 2.45. The van der Waals surface area contributed by atoms with Gasteiger partial charge < -0.3 is 35.0 Å². The van der Waals surface area contributed by atoms with Crippen molar-refractivity contribution in [2.75, 3.05) is 38.3 Å². The van der Waals surface area contributed by atoms with E-state index < -0.39 is 41.5 Å². The number of anilines is 1. The molecule has 18 heteroatoms. The van der Waals surface area contributed by atoms with Crippen molar-refractivity contribution in [3.63, 3.8) is 0 Å². The van der Waals surface area contributed by atoms with E-state index in [9.17, 15) is 24.3 Å². The predicted octanol–water partition coefficient (Wildman–Crippen LogP) is 6.11. The number of amides is 3. The number of ether oxygens (including phenoxy) is 2. The molecule has 0 aliphatic carbocycles. The summed E-state index contributed by atoms with van der Waals surface area (Å²) < 4.78 is 13.2. The third-order valence-corrected chi connectivity index (χ3v) is 15.2. The summed E-state index contributed by atoms with van der Waals surface area (Å²) in [6.07, 6.45) is -0.297. The van der Waals surface area contributed by atoms with Gasteiger partial charge >= 0.3 is 5.97 Å². The van der Waals surface area contributed by atoms with E-state index in [0.29, 0.717) is 25.3 Å². The Morgan fingerprint density at radius 1 is 0.955 bits per heavy atom. The molecule has 0 radical (unpaired) electrons. The van der Waals surface area contributed by atoms with Gasteiger partial charge in [0.05, 0.1) is 53.6 Å². The van der Waals surface area contributed by atoms with Crippen LogP contribution < -0.4 is 15.5 Å². The quantitative estimate of drug-likeness (QED) is 0.115. The summed E-state index contributed by atoms with van der Waals surface area (Å²) in [4.78, 5) is 69.5. The molecule has 8 rings (SSSR count). The Hall–Kier alpha value is -5.82. The zero-order chi connectivity index (χ0) is 47.9. The first-order valence-corrected chi connectivity index (χ1v) is 24.3. The predicted molar refractivity (Wildman–Crippen MR) is 258 cm³/mol. The van der Waals surface area contributed by atoms with Gasteiger partial charge in [0.1, 0.15) is 35.6 Å². The number of aryl methyl sites for hydroxylation is 3. The lowest BCUT2D eigenvalue weighted by molar-refractivity contribution is -0.145. The van der Waals surface area contributed by atoms with Crippen LogP contribution in [0.2, 0.25) is 0 Å². The Balaban J connectivity index is 0.884. The van der Waals surface area contributed by atoms with Gasteiger partial charge in [0, 0.05) is 47.7 Å². The summed E-state index contributed by atoms with van der Waals surface area (Å²) in [5, 5.41) is 26.5. The Morgan fingerprint density at radius 2 is 1.67 bits per heavy atom. The molecule has 0 unspecified atom stereocenters. The number of rotatable bonds is 13. The van der Waals surface area contributed by atoms with Crippen molar-refractivity contribution in [1.82, 2.24) is 35.3 Å². The normalized spacial score (nSPS) is 20.1. The van der Waals surface area contributed by atoms with Crippen molar-refractivity contribution in [2.24, 2.45) is 10.4 Å². The van der Waals surface area contributed by atoms with Crippen LogP contribution in [0.25, 0.3) is 15.4 Å². The maximum atomic E-state index is 14.3. The van der Waals surface area contributed by atoms with E-state index in [4.69, 9.17) is 14.5 Å². The van der Waals surface area contributed by atoms with E-state index in [0.717, 1.165) is 65.5 Å². The molecule has 6 atom stereocenters. The van der Waals surface area contributed by atoms with Crippen molar-refractivity contribution in [2.45, 2.75) is 111 Å². The van der Waals surface area contributed by atoms with Gasteiger partial charge in [0.2, 0.25) is 17.7 Å². The SMILES string of the molecule is COC(=O)C[C@@H]1N=C(c2ccc(N3CC[C@@H](OCC(=O)N[C@H](C(=O)N4C[C@H](O)C[C@H]4C(=O)N[C@@H](C)c4ccc(-c5scnc5C)cc4)C(C)(C)C)C3)cc2)c2c(sc(C)c2C)-n2c(C)nnc21. The average Bonchev–Trinajstić information content (AvgIpc) is 4.15. The number of benzene rings is 2. The standard InChI is InChI=1S/C49H59N9O7S2/c1-26-29(4)67-48-41(26)42(52-37(21-40(61)64-9)45-55-54-30(5)58(45)48)32-14-16-34(17-15-32)56-19-18-36(23-56)65-24-39(60)53-44(49(6,7)8)47(63)57-22-35(59)20-38(57)46(62)51-27(2)31-10-12-33(13-11-31)43-28(3)50-25-66-43/h10-17,25,27,35-38,44,59H,18-24H2,1-9H3,(H,51,62)(H,53,60)/t27-,35+,36+,37-,38-,44+/m0/s1. The molecule has 2 saturated heterocycles. The second kappa shape index (κ2) is 19.4. The van der Waals surface area contributed by atoms with Gasteiger partial charge in [-0.1, -0.05) is 57.2 Å². The number of nitrogens with one attached hydrogen (secondary N) is 2. The molecule has 3 amide bonds. The van der Waals surface area contributed by atoms with Crippen LogP contribution in [0.5, 0.6) is 0 Å². The molecule has 5 aromatic rings. The Bertz CT molecular complexity index is 2680. The fourth-order valence-corrected chi connectivity index (χ4v) is 11.1. The molecule has 2 aromatic carbocycles. The highest BCUT2D eigenvalue weighted by Crippen LogP contribution is 2.40. The fraction of sp³-hybridized carbons (Fsp3) is 0.469. The van der Waals surface area contributed by atoms with Crippen LogP contribution in [0.1, 0.15) is 104 Å². The van der Waals surface area contributed by atoms with Gasteiger partial charge in [-0.3, -0.25) is 28.7 Å². The summed E-state index contributed by atoms with van der Waals surface area (Å²) >= 11 is 3.23. The molecule has 354 valence electrons. The second-order valence-electron chi connectivity index (χ2n) is 18.8. The lowest BCUT2D eigenvalue weighted by Gasteiger charge is -2.35. The number of β-amino-alcohol motifs (C(OH)–C–C–N with tert-alkyl or cyclic N) is 1. The van der Waals surface area contributed by atoms with Gasteiger partial charge in [0.15, 0.2) is 5.82 Å². The van der Waals surface area contributed by atoms with Crippen LogP contribution in [0, 0.1) is 33.1 Å². The van der Waals surface area contributed by atoms with Crippen LogP contribution in [0.4, 0.5) is 5.69 Å². The molecule has 3 aliphatic heterocycles. The minimum Gasteiger partial charge on any atom is -0.469 e. The first-order valence-electron chi connectivity index (χ1n) is 22.6. The molecule has 3 aliphatic rings. The van der Waals surface area contributed by atoms with E-state index in [1.54, 1.807) is 22.7 Å². The number of methoxy groups -OCH3 is 1. The molecule has 0 bridgehead atoms. The molecular formula is C49H59N9O7S2. The van der Waals surface area contributed by atoms with E-state index in [1.807, 2.05) is 88.0 Å². The number of carbonyl (C=O) groups excluding carboxylic acids is 4. The van der Waals surface area contributed by atoms with Crippen molar-refractivity contribution in [1.29, 1.82) is 0 Å². The first kappa shape index (κ1) is 47.7. The van der Waals surface area contributed by atoms with E-state index in [1.165, 1.54) is 12.0 Å². The zero-order valence-electron chi connectivity index (χ0n) is 39.5. The van der Waals surface area contributed by atoms with Crippen molar-refractivity contribution < 1.29 is 33.8 Å². The summed E-state index contributed by atoms with van der Waals surface area (Å²) in [5.74, 6) is -0.311. The number of thiazole rings is 1. The van der Waals surface area contributed by atoms with Crippen LogP contribution in [0.15, 0.2) is 59.0 Å². The fourth-order valence-electron chi connectivity index (χ4n) is 9.11. The van der Waals surface area contributed by atoms with E-state index in [2.05, 4.69) is 56.7 Å². The number of aliphatic imine (C=N–C) groups is 1. The number of esters is 1. The van der Waals surface area contributed by atoms with Crippen LogP contribution in [-0.4, -0.2) is 117 Å². The lowest BCUT2D eigenvalue weighted by Crippen LogP contribution is -2.58. The average molecular weight is 950 g/mol. The van der Waals surface area contributed by atoms with Crippen molar-refractivity contribution in [3.05, 3.63) is 98.5 Å². The van der Waals surface area contributed by atoms with Crippen molar-refractivity contribution >= 4 is 57.8 Å². The van der Waals surface area contributed by atoms with E-state index >= 15 is 0 Å². The number of aliphatic hydroxyl groups excluding tert-OH is 1. The van der Waals surface area contributed by atoms with E-state index in [-0.39, 0.29) is 50.0 Å². The number of carbonyl (C=O) groups is 4. The maximum Gasteiger partial charge on any atom is 0.308 e. The van der Waals surface area contributed by atoms with Gasteiger partial charge in [-0.25, -0.2) is 4.98 Å². The summed E-state index contributed by atoms with van der Waals surface area (Å²) in [7, 11) is 1.37.